The third kappa shape index (κ3) is 3.79. The molecule has 0 amide bonds. The van der Waals surface area contributed by atoms with Gasteiger partial charge in [0, 0.05) is 24.2 Å². The molecule has 1 saturated carbocycles. The first-order valence-corrected chi connectivity index (χ1v) is 8.14. The summed E-state index contributed by atoms with van der Waals surface area (Å²) in [6, 6.07) is 13.7. The van der Waals surface area contributed by atoms with E-state index in [2.05, 4.69) is 24.0 Å². The molecule has 0 aliphatic heterocycles. The summed E-state index contributed by atoms with van der Waals surface area (Å²) in [6.07, 6.45) is 5.76. The van der Waals surface area contributed by atoms with Gasteiger partial charge < -0.3 is 9.72 Å². The largest absolute Gasteiger partial charge is 0.490 e. The lowest BCUT2D eigenvalue weighted by atomic mass is 9.88. The van der Waals surface area contributed by atoms with E-state index in [-0.39, 0.29) is 11.7 Å². The van der Waals surface area contributed by atoms with Gasteiger partial charge in [-0.15, -0.1) is 0 Å². The fourth-order valence-corrected chi connectivity index (χ4v) is 3.18. The lowest BCUT2D eigenvalue weighted by Gasteiger charge is -2.29. The van der Waals surface area contributed by atoms with E-state index >= 15 is 0 Å². The van der Waals surface area contributed by atoms with Crippen LogP contribution in [0.15, 0.2) is 47.3 Å². The molecule has 1 heterocycles. The van der Waals surface area contributed by atoms with Gasteiger partial charge in [-0.05, 0) is 30.7 Å². The summed E-state index contributed by atoms with van der Waals surface area (Å²) in [4.78, 5) is 14.8. The van der Waals surface area contributed by atoms with Crippen molar-refractivity contribution in [3.63, 3.8) is 0 Å². The Morgan fingerprint density at radius 1 is 1.14 bits per heavy atom. The first kappa shape index (κ1) is 14.9. The zero-order chi connectivity index (χ0) is 15.4. The van der Waals surface area contributed by atoms with Crippen LogP contribution in [0, 0.1) is 5.92 Å². The van der Waals surface area contributed by atoms with Gasteiger partial charge in [0.05, 0.1) is 0 Å². The van der Waals surface area contributed by atoms with Crippen LogP contribution in [0.5, 0.6) is 5.75 Å². The zero-order valence-corrected chi connectivity index (χ0v) is 13.0. The van der Waals surface area contributed by atoms with Gasteiger partial charge in [0.15, 0.2) is 0 Å². The average Bonchev–Trinajstić information content (AvgIpc) is 2.50. The maximum atomic E-state index is 11.9. The monoisotopic (exact) mass is 297 g/mol. The van der Waals surface area contributed by atoms with Crippen molar-refractivity contribution >= 4 is 0 Å². The molecule has 116 valence electrons. The van der Waals surface area contributed by atoms with Crippen molar-refractivity contribution in [3.05, 3.63) is 64.1 Å². The molecule has 3 heteroatoms. The van der Waals surface area contributed by atoms with Gasteiger partial charge in [0.1, 0.15) is 11.9 Å². The molecule has 22 heavy (non-hydrogen) atoms. The van der Waals surface area contributed by atoms with Crippen LogP contribution in [0.3, 0.4) is 0 Å². The molecule has 1 aromatic heterocycles. The van der Waals surface area contributed by atoms with Crippen molar-refractivity contribution in [3.8, 4) is 5.75 Å². The van der Waals surface area contributed by atoms with E-state index in [0.717, 1.165) is 12.1 Å². The van der Waals surface area contributed by atoms with Crippen LogP contribution in [-0.2, 0) is 6.42 Å². The molecule has 1 N–H and O–H groups in total. The number of pyridine rings is 1. The van der Waals surface area contributed by atoms with Crippen LogP contribution in [0.25, 0.3) is 0 Å². The summed E-state index contributed by atoms with van der Waals surface area (Å²) < 4.78 is 6.11. The normalized spacial score (nSPS) is 21.5. The Balaban J connectivity index is 1.76. The minimum absolute atomic E-state index is 0.0908. The molecular formula is C19H23NO2. The number of hydrogen-bond donors (Lipinski definition) is 1. The summed E-state index contributed by atoms with van der Waals surface area (Å²) >= 11 is 0. The van der Waals surface area contributed by atoms with Crippen molar-refractivity contribution in [2.24, 2.45) is 5.92 Å². The molecule has 2 atom stereocenters. The second-order valence-corrected chi connectivity index (χ2v) is 6.29. The molecular weight excluding hydrogens is 274 g/mol. The quantitative estimate of drug-likeness (QED) is 0.929. The highest BCUT2D eigenvalue weighted by Crippen LogP contribution is 2.27. The van der Waals surface area contributed by atoms with Gasteiger partial charge in [-0.25, -0.2) is 0 Å². The second-order valence-electron chi connectivity index (χ2n) is 6.29. The Morgan fingerprint density at radius 2 is 1.91 bits per heavy atom. The summed E-state index contributed by atoms with van der Waals surface area (Å²) in [7, 11) is 0. The standard InChI is InChI=1S/C19H23NO2/c1-14-7-5-6-10-18(14)22-17-12-16(20-19(21)13-17)11-15-8-3-2-4-9-15/h2-4,8-9,12-14,18H,5-7,10-11H2,1H3,(H,20,21). The molecule has 0 spiro atoms. The first-order chi connectivity index (χ1) is 10.7. The molecule has 1 fully saturated rings. The molecule has 3 rings (SSSR count). The highest BCUT2D eigenvalue weighted by Gasteiger charge is 2.23. The van der Waals surface area contributed by atoms with Gasteiger partial charge in [-0.3, -0.25) is 4.79 Å². The van der Waals surface area contributed by atoms with Crippen molar-refractivity contribution in [1.29, 1.82) is 0 Å². The van der Waals surface area contributed by atoms with E-state index in [4.69, 9.17) is 4.74 Å². The summed E-state index contributed by atoms with van der Waals surface area (Å²) in [5.41, 5.74) is 1.99. The van der Waals surface area contributed by atoms with Crippen molar-refractivity contribution in [2.45, 2.75) is 45.1 Å². The van der Waals surface area contributed by atoms with Gasteiger partial charge in [-0.2, -0.15) is 0 Å². The first-order valence-electron chi connectivity index (χ1n) is 8.14. The number of aromatic amines is 1. The van der Waals surface area contributed by atoms with Crippen LogP contribution in [0.4, 0.5) is 0 Å². The van der Waals surface area contributed by atoms with Gasteiger partial charge in [0.2, 0.25) is 0 Å². The minimum atomic E-state index is -0.0908. The van der Waals surface area contributed by atoms with Crippen molar-refractivity contribution < 1.29 is 4.74 Å². The zero-order valence-electron chi connectivity index (χ0n) is 13.0. The van der Waals surface area contributed by atoms with E-state index in [9.17, 15) is 4.79 Å². The van der Waals surface area contributed by atoms with Gasteiger partial charge >= 0.3 is 0 Å². The Morgan fingerprint density at radius 3 is 2.68 bits per heavy atom. The molecule has 0 radical (unpaired) electrons. The number of rotatable bonds is 4. The van der Waals surface area contributed by atoms with E-state index in [0.29, 0.717) is 18.1 Å². The van der Waals surface area contributed by atoms with Crippen LogP contribution < -0.4 is 10.3 Å². The van der Waals surface area contributed by atoms with Crippen LogP contribution in [0.2, 0.25) is 0 Å². The lowest BCUT2D eigenvalue weighted by Crippen LogP contribution is -2.28. The Bertz CT molecular complexity index is 663. The number of ether oxygens (including phenoxy) is 1. The maximum Gasteiger partial charge on any atom is 0.251 e. The predicted molar refractivity (Wildman–Crippen MR) is 88.4 cm³/mol. The van der Waals surface area contributed by atoms with Crippen LogP contribution in [-0.4, -0.2) is 11.1 Å². The predicted octanol–water partition coefficient (Wildman–Crippen LogP) is 3.92. The van der Waals surface area contributed by atoms with Gasteiger partial charge in [-0.1, -0.05) is 43.7 Å². The topological polar surface area (TPSA) is 42.1 Å². The number of nitrogens with one attached hydrogen (secondary N) is 1. The Kier molecular flexibility index (Phi) is 4.62. The van der Waals surface area contributed by atoms with Crippen LogP contribution >= 0.6 is 0 Å². The van der Waals surface area contributed by atoms with E-state index < -0.39 is 0 Å². The molecule has 0 saturated heterocycles. The number of H-pyrrole nitrogens is 1. The molecule has 0 bridgehead atoms. The van der Waals surface area contributed by atoms with E-state index in [1.165, 1.54) is 24.8 Å². The molecule has 2 aromatic rings. The van der Waals surface area contributed by atoms with E-state index in [1.807, 2.05) is 24.3 Å². The average molecular weight is 297 g/mol. The SMILES string of the molecule is CC1CCCCC1Oc1cc(Cc2ccccc2)[nH]c(=O)c1. The maximum absolute atomic E-state index is 11.9. The van der Waals surface area contributed by atoms with Gasteiger partial charge in [0.25, 0.3) is 5.56 Å². The molecule has 1 aromatic carbocycles. The highest BCUT2D eigenvalue weighted by atomic mass is 16.5. The molecule has 3 nitrogen and oxygen atoms in total. The van der Waals surface area contributed by atoms with E-state index in [1.54, 1.807) is 6.07 Å². The lowest BCUT2D eigenvalue weighted by molar-refractivity contribution is 0.102. The number of benzene rings is 1. The fraction of sp³-hybridized carbons (Fsp3) is 0.421. The number of hydrogen-bond acceptors (Lipinski definition) is 2. The fourth-order valence-electron chi connectivity index (χ4n) is 3.18. The summed E-state index contributed by atoms with van der Waals surface area (Å²) in [5.74, 6) is 1.26. The number of aromatic nitrogens is 1. The van der Waals surface area contributed by atoms with Crippen molar-refractivity contribution in [1.82, 2.24) is 4.98 Å². The minimum Gasteiger partial charge on any atom is -0.490 e. The van der Waals surface area contributed by atoms with Crippen molar-refractivity contribution in [2.75, 3.05) is 0 Å². The summed E-state index contributed by atoms with van der Waals surface area (Å²) in [6.45, 7) is 2.24. The second kappa shape index (κ2) is 6.82. The Labute approximate surface area is 131 Å². The molecule has 1 aliphatic rings. The Hall–Kier alpha value is -2.03. The third-order valence-corrected chi connectivity index (χ3v) is 4.43. The summed E-state index contributed by atoms with van der Waals surface area (Å²) in [5, 5.41) is 0. The highest BCUT2D eigenvalue weighted by molar-refractivity contribution is 5.28. The smallest absolute Gasteiger partial charge is 0.251 e. The van der Waals surface area contributed by atoms with Crippen LogP contribution in [0.1, 0.15) is 43.9 Å². The third-order valence-electron chi connectivity index (χ3n) is 4.43. The molecule has 2 unspecified atom stereocenters. The molecule has 1 aliphatic carbocycles.